The maximum absolute atomic E-state index is 12.9. The average Bonchev–Trinajstić information content (AvgIpc) is 2.90. The lowest BCUT2D eigenvalue weighted by Gasteiger charge is -2.29. The largest absolute Gasteiger partial charge is 0.342 e. The van der Waals surface area contributed by atoms with E-state index >= 15 is 0 Å². The quantitative estimate of drug-likeness (QED) is 0.869. The van der Waals surface area contributed by atoms with Crippen LogP contribution in [-0.4, -0.2) is 29.1 Å². The number of aromatic amines is 1. The van der Waals surface area contributed by atoms with E-state index in [2.05, 4.69) is 14.9 Å². The highest BCUT2D eigenvalue weighted by Gasteiger charge is 2.18. The Hall–Kier alpha value is -1.88. The van der Waals surface area contributed by atoms with E-state index in [9.17, 15) is 4.39 Å². The van der Waals surface area contributed by atoms with Crippen LogP contribution in [0.25, 0.3) is 11.3 Å². The Bertz CT molecular complexity index is 541. The zero-order valence-corrected chi connectivity index (χ0v) is 10.6. The third-order valence-corrected chi connectivity index (χ3v) is 3.54. The second-order valence-electron chi connectivity index (χ2n) is 4.94. The number of H-pyrrole nitrogens is 1. The van der Waals surface area contributed by atoms with Crippen LogP contribution in [0.5, 0.6) is 0 Å². The molecule has 3 N–H and O–H groups in total. The summed E-state index contributed by atoms with van der Waals surface area (Å²) in [7, 11) is 0. The summed E-state index contributed by atoms with van der Waals surface area (Å²) >= 11 is 0. The summed E-state index contributed by atoms with van der Waals surface area (Å²) in [5.41, 5.74) is 7.64. The lowest BCUT2D eigenvalue weighted by atomic mass is 10.1. The Morgan fingerprint density at radius 3 is 2.58 bits per heavy atom. The van der Waals surface area contributed by atoms with Crippen molar-refractivity contribution in [2.24, 2.45) is 5.73 Å². The number of nitrogens with zero attached hydrogens (tertiary/aromatic N) is 2. The van der Waals surface area contributed by atoms with Crippen molar-refractivity contribution in [1.82, 2.24) is 9.97 Å². The third-order valence-electron chi connectivity index (χ3n) is 3.54. The predicted molar refractivity (Wildman–Crippen MR) is 73.4 cm³/mol. The van der Waals surface area contributed by atoms with Crippen LogP contribution in [0.1, 0.15) is 12.8 Å². The molecule has 0 unspecified atom stereocenters. The molecule has 2 heterocycles. The van der Waals surface area contributed by atoms with Gasteiger partial charge in [0.1, 0.15) is 5.82 Å². The lowest BCUT2D eigenvalue weighted by Crippen LogP contribution is -2.40. The van der Waals surface area contributed by atoms with Crippen molar-refractivity contribution < 1.29 is 4.39 Å². The van der Waals surface area contributed by atoms with E-state index in [-0.39, 0.29) is 5.82 Å². The number of benzene rings is 1. The molecule has 4 nitrogen and oxygen atoms in total. The number of piperidine rings is 1. The number of halogens is 1. The number of hydrogen-bond donors (Lipinski definition) is 2. The molecule has 1 saturated heterocycles. The second-order valence-corrected chi connectivity index (χ2v) is 4.94. The van der Waals surface area contributed by atoms with Crippen molar-refractivity contribution in [2.75, 3.05) is 18.0 Å². The number of nitrogens with two attached hydrogens (primary N) is 1. The molecule has 0 spiro atoms. The Balaban J connectivity index is 1.77. The van der Waals surface area contributed by atoms with Crippen molar-refractivity contribution in [3.63, 3.8) is 0 Å². The van der Waals surface area contributed by atoms with Crippen LogP contribution < -0.4 is 10.6 Å². The summed E-state index contributed by atoms with van der Waals surface area (Å²) in [6.07, 6.45) is 3.84. The van der Waals surface area contributed by atoms with E-state index in [0.717, 1.165) is 43.1 Å². The van der Waals surface area contributed by atoms with Gasteiger partial charge in [-0.3, -0.25) is 0 Å². The highest BCUT2D eigenvalue weighted by molar-refractivity contribution is 5.60. The summed E-state index contributed by atoms with van der Waals surface area (Å²) in [4.78, 5) is 9.95. The number of hydrogen-bond acceptors (Lipinski definition) is 3. The fraction of sp³-hybridized carbons (Fsp3) is 0.357. The van der Waals surface area contributed by atoms with Crippen LogP contribution in [0.2, 0.25) is 0 Å². The fourth-order valence-corrected chi connectivity index (χ4v) is 2.35. The molecule has 0 aliphatic carbocycles. The topological polar surface area (TPSA) is 57.9 Å². The van der Waals surface area contributed by atoms with Crippen molar-refractivity contribution in [3.8, 4) is 11.3 Å². The molecule has 0 radical (unpaired) electrons. The molecule has 1 fully saturated rings. The van der Waals surface area contributed by atoms with E-state index in [4.69, 9.17) is 5.73 Å². The van der Waals surface area contributed by atoms with Crippen LogP contribution in [0.15, 0.2) is 30.5 Å². The number of nitrogens with one attached hydrogen (secondary N) is 1. The average molecular weight is 260 g/mol. The first-order valence-corrected chi connectivity index (χ1v) is 6.54. The molecule has 1 aliphatic rings. The zero-order valence-electron chi connectivity index (χ0n) is 10.6. The smallest absolute Gasteiger partial charge is 0.203 e. The molecule has 1 aromatic heterocycles. The first kappa shape index (κ1) is 12.2. The first-order chi connectivity index (χ1) is 9.22. The third kappa shape index (κ3) is 2.61. The minimum absolute atomic E-state index is 0.232. The maximum Gasteiger partial charge on any atom is 0.203 e. The van der Waals surface area contributed by atoms with Crippen molar-refractivity contribution in [3.05, 3.63) is 36.3 Å². The highest BCUT2D eigenvalue weighted by atomic mass is 19.1. The predicted octanol–water partition coefficient (Wildman–Crippen LogP) is 2.14. The molecule has 19 heavy (non-hydrogen) atoms. The summed E-state index contributed by atoms with van der Waals surface area (Å²) in [5.74, 6) is 0.635. The Labute approximate surface area is 111 Å². The Morgan fingerprint density at radius 2 is 1.89 bits per heavy atom. The van der Waals surface area contributed by atoms with Gasteiger partial charge in [0.25, 0.3) is 0 Å². The number of rotatable bonds is 2. The fourth-order valence-electron chi connectivity index (χ4n) is 2.35. The van der Waals surface area contributed by atoms with Crippen LogP contribution >= 0.6 is 0 Å². The van der Waals surface area contributed by atoms with Gasteiger partial charge >= 0.3 is 0 Å². The molecular weight excluding hydrogens is 243 g/mol. The number of anilines is 1. The van der Waals surface area contributed by atoms with Crippen molar-refractivity contribution in [1.29, 1.82) is 0 Å². The second kappa shape index (κ2) is 5.01. The molecule has 0 atom stereocenters. The molecule has 1 aliphatic heterocycles. The molecule has 3 rings (SSSR count). The molecule has 0 saturated carbocycles. The lowest BCUT2D eigenvalue weighted by molar-refractivity contribution is 0.496. The molecule has 100 valence electrons. The standard InChI is InChI=1S/C14H17FN4/c15-11-3-1-10(2-4-11)13-9-17-14(18-13)19-7-5-12(16)6-8-19/h1-4,9,12H,5-8,16H2,(H,17,18). The molecule has 2 aromatic rings. The minimum Gasteiger partial charge on any atom is -0.342 e. The van der Waals surface area contributed by atoms with Gasteiger partial charge in [-0.1, -0.05) is 0 Å². The van der Waals surface area contributed by atoms with Gasteiger partial charge in [-0.25, -0.2) is 9.37 Å². The molecule has 1 aromatic carbocycles. The van der Waals surface area contributed by atoms with Crippen LogP contribution in [-0.2, 0) is 0 Å². The van der Waals surface area contributed by atoms with Gasteiger partial charge in [0, 0.05) is 30.9 Å². The van der Waals surface area contributed by atoms with Gasteiger partial charge in [-0.2, -0.15) is 0 Å². The van der Waals surface area contributed by atoms with E-state index in [1.54, 1.807) is 12.1 Å². The van der Waals surface area contributed by atoms with Gasteiger partial charge in [0.2, 0.25) is 5.95 Å². The molecule has 5 heteroatoms. The normalized spacial score (nSPS) is 16.8. The zero-order chi connectivity index (χ0) is 13.2. The van der Waals surface area contributed by atoms with E-state index in [1.165, 1.54) is 12.1 Å². The van der Waals surface area contributed by atoms with Gasteiger partial charge in [-0.05, 0) is 37.1 Å². The summed E-state index contributed by atoms with van der Waals surface area (Å²) in [6, 6.07) is 6.68. The molecule has 0 bridgehead atoms. The number of imidazole rings is 1. The van der Waals surface area contributed by atoms with Gasteiger partial charge in [-0.15, -0.1) is 0 Å². The van der Waals surface area contributed by atoms with Crippen molar-refractivity contribution in [2.45, 2.75) is 18.9 Å². The monoisotopic (exact) mass is 260 g/mol. The van der Waals surface area contributed by atoms with Gasteiger partial charge < -0.3 is 15.6 Å². The van der Waals surface area contributed by atoms with E-state index in [0.29, 0.717) is 6.04 Å². The summed E-state index contributed by atoms with van der Waals surface area (Å²) < 4.78 is 12.9. The highest BCUT2D eigenvalue weighted by Crippen LogP contribution is 2.22. The van der Waals surface area contributed by atoms with Gasteiger partial charge in [0.05, 0.1) is 5.69 Å². The van der Waals surface area contributed by atoms with Crippen molar-refractivity contribution >= 4 is 5.95 Å². The molecule has 0 amide bonds. The molecular formula is C14H17FN4. The minimum atomic E-state index is -0.232. The summed E-state index contributed by atoms with van der Waals surface area (Å²) in [5, 5.41) is 0. The maximum atomic E-state index is 12.9. The number of aromatic nitrogens is 2. The van der Waals surface area contributed by atoms with Crippen LogP contribution in [0.4, 0.5) is 10.3 Å². The van der Waals surface area contributed by atoms with E-state index < -0.39 is 0 Å². The Morgan fingerprint density at radius 1 is 1.21 bits per heavy atom. The van der Waals surface area contributed by atoms with Crippen LogP contribution in [0, 0.1) is 5.82 Å². The SMILES string of the molecule is NC1CCN(c2nc(-c3ccc(F)cc3)c[nH]2)CC1. The Kier molecular flexibility index (Phi) is 3.21. The summed E-state index contributed by atoms with van der Waals surface area (Å²) in [6.45, 7) is 1.86. The van der Waals surface area contributed by atoms with E-state index in [1.807, 2.05) is 6.20 Å². The van der Waals surface area contributed by atoms with Crippen LogP contribution in [0.3, 0.4) is 0 Å². The van der Waals surface area contributed by atoms with Gasteiger partial charge in [0.15, 0.2) is 0 Å². The first-order valence-electron chi connectivity index (χ1n) is 6.54.